The Bertz CT molecular complexity index is 282. The van der Waals surface area contributed by atoms with E-state index < -0.39 is 0 Å². The number of nitrogens with zero attached hydrogens (tertiary/aromatic N) is 1. The molecule has 0 aliphatic heterocycles. The molecule has 0 amide bonds. The van der Waals surface area contributed by atoms with Gasteiger partial charge in [0.05, 0.1) is 11.2 Å². The molecule has 15 heavy (non-hydrogen) atoms. The SMILES string of the molecule is C=CC(C)(CNCCC)Cc1cscn1. The predicted octanol–water partition coefficient (Wildman–Crippen LogP) is 2.88. The summed E-state index contributed by atoms with van der Waals surface area (Å²) < 4.78 is 0. The van der Waals surface area contributed by atoms with Crippen LogP contribution in [0.15, 0.2) is 23.5 Å². The van der Waals surface area contributed by atoms with Gasteiger partial charge < -0.3 is 5.32 Å². The van der Waals surface area contributed by atoms with Crippen LogP contribution in [0.1, 0.15) is 26.0 Å². The fourth-order valence-electron chi connectivity index (χ4n) is 1.50. The Balaban J connectivity index is 2.48. The van der Waals surface area contributed by atoms with E-state index in [9.17, 15) is 0 Å². The summed E-state index contributed by atoms with van der Waals surface area (Å²) in [5.74, 6) is 0. The average molecular weight is 224 g/mol. The number of hydrogen-bond acceptors (Lipinski definition) is 3. The van der Waals surface area contributed by atoms with E-state index in [2.05, 4.69) is 36.1 Å². The molecule has 1 atom stereocenters. The lowest BCUT2D eigenvalue weighted by molar-refractivity contribution is 0.388. The lowest BCUT2D eigenvalue weighted by Gasteiger charge is -2.25. The van der Waals surface area contributed by atoms with E-state index in [4.69, 9.17) is 0 Å². The van der Waals surface area contributed by atoms with Crippen molar-refractivity contribution < 1.29 is 0 Å². The van der Waals surface area contributed by atoms with Gasteiger partial charge in [0.15, 0.2) is 0 Å². The van der Waals surface area contributed by atoms with Crippen molar-refractivity contribution in [1.82, 2.24) is 10.3 Å². The highest BCUT2D eigenvalue weighted by atomic mass is 32.1. The van der Waals surface area contributed by atoms with Gasteiger partial charge >= 0.3 is 0 Å². The molecule has 1 aromatic heterocycles. The zero-order valence-electron chi connectivity index (χ0n) is 9.62. The van der Waals surface area contributed by atoms with Crippen LogP contribution in [0.4, 0.5) is 0 Å². The molecule has 84 valence electrons. The molecule has 0 aliphatic rings. The molecule has 1 rings (SSSR count). The summed E-state index contributed by atoms with van der Waals surface area (Å²) in [4.78, 5) is 4.32. The molecule has 0 saturated heterocycles. The van der Waals surface area contributed by atoms with E-state index in [1.165, 1.54) is 12.1 Å². The van der Waals surface area contributed by atoms with Crippen molar-refractivity contribution in [1.29, 1.82) is 0 Å². The first-order valence-corrected chi connectivity index (χ1v) is 6.36. The first-order chi connectivity index (χ1) is 7.20. The van der Waals surface area contributed by atoms with E-state index in [1.807, 2.05) is 11.6 Å². The molecule has 1 unspecified atom stereocenters. The van der Waals surface area contributed by atoms with Crippen LogP contribution in [0.25, 0.3) is 0 Å². The third-order valence-corrected chi connectivity index (χ3v) is 3.15. The predicted molar refractivity (Wildman–Crippen MR) is 67.3 cm³/mol. The second-order valence-electron chi connectivity index (χ2n) is 4.19. The summed E-state index contributed by atoms with van der Waals surface area (Å²) in [5.41, 5.74) is 3.17. The number of aromatic nitrogens is 1. The highest BCUT2D eigenvalue weighted by molar-refractivity contribution is 7.07. The average Bonchev–Trinajstić information content (AvgIpc) is 2.71. The van der Waals surface area contributed by atoms with Crippen molar-refractivity contribution in [3.63, 3.8) is 0 Å². The van der Waals surface area contributed by atoms with Crippen LogP contribution >= 0.6 is 11.3 Å². The van der Waals surface area contributed by atoms with Crippen molar-refractivity contribution in [2.45, 2.75) is 26.7 Å². The molecule has 1 heterocycles. The van der Waals surface area contributed by atoms with Gasteiger partial charge in [-0.05, 0) is 13.0 Å². The summed E-state index contributed by atoms with van der Waals surface area (Å²) in [6, 6.07) is 0. The highest BCUT2D eigenvalue weighted by Crippen LogP contribution is 2.22. The Kier molecular flexibility index (Phi) is 4.99. The summed E-state index contributed by atoms with van der Waals surface area (Å²) in [6.45, 7) is 10.4. The first-order valence-electron chi connectivity index (χ1n) is 5.41. The zero-order chi connectivity index (χ0) is 11.1. The van der Waals surface area contributed by atoms with Crippen LogP contribution in [0.5, 0.6) is 0 Å². The number of hydrogen-bond donors (Lipinski definition) is 1. The second-order valence-corrected chi connectivity index (χ2v) is 4.91. The van der Waals surface area contributed by atoms with Crippen LogP contribution in [0.2, 0.25) is 0 Å². The second kappa shape index (κ2) is 6.03. The molecule has 0 aliphatic carbocycles. The van der Waals surface area contributed by atoms with Crippen LogP contribution in [-0.4, -0.2) is 18.1 Å². The lowest BCUT2D eigenvalue weighted by atomic mass is 9.85. The third-order valence-electron chi connectivity index (χ3n) is 2.52. The molecular formula is C12H20N2S. The van der Waals surface area contributed by atoms with Crippen LogP contribution < -0.4 is 5.32 Å². The minimum absolute atomic E-state index is 0.114. The lowest BCUT2D eigenvalue weighted by Crippen LogP contribution is -2.32. The maximum absolute atomic E-state index is 4.32. The topological polar surface area (TPSA) is 24.9 Å². The largest absolute Gasteiger partial charge is 0.316 e. The maximum atomic E-state index is 4.32. The fourth-order valence-corrected chi connectivity index (χ4v) is 2.05. The molecule has 0 aromatic carbocycles. The van der Waals surface area contributed by atoms with Gasteiger partial charge in [-0.15, -0.1) is 17.9 Å². The van der Waals surface area contributed by atoms with Gasteiger partial charge in [-0.2, -0.15) is 0 Å². The van der Waals surface area contributed by atoms with E-state index in [0.717, 1.165) is 19.5 Å². The van der Waals surface area contributed by atoms with E-state index in [1.54, 1.807) is 11.3 Å². The minimum atomic E-state index is 0.114. The smallest absolute Gasteiger partial charge is 0.0794 e. The van der Waals surface area contributed by atoms with Crippen LogP contribution in [0, 0.1) is 5.41 Å². The highest BCUT2D eigenvalue weighted by Gasteiger charge is 2.21. The number of nitrogens with one attached hydrogen (secondary N) is 1. The number of rotatable bonds is 7. The molecule has 0 spiro atoms. The molecule has 1 N–H and O–H groups in total. The maximum Gasteiger partial charge on any atom is 0.0794 e. The van der Waals surface area contributed by atoms with Gasteiger partial charge in [0.25, 0.3) is 0 Å². The standard InChI is InChI=1S/C12H20N2S/c1-4-6-13-9-12(3,5-2)7-11-8-15-10-14-11/h5,8,10,13H,2,4,6-7,9H2,1,3H3. The summed E-state index contributed by atoms with van der Waals surface area (Å²) in [5, 5.41) is 5.56. The summed E-state index contributed by atoms with van der Waals surface area (Å²) in [7, 11) is 0. The van der Waals surface area contributed by atoms with Crippen molar-refractivity contribution >= 4 is 11.3 Å². The Labute approximate surface area is 96.4 Å². The van der Waals surface area contributed by atoms with E-state index >= 15 is 0 Å². The molecule has 1 aromatic rings. The van der Waals surface area contributed by atoms with E-state index in [-0.39, 0.29) is 5.41 Å². The third kappa shape index (κ3) is 4.14. The molecule has 0 radical (unpaired) electrons. The van der Waals surface area contributed by atoms with Crippen molar-refractivity contribution in [3.8, 4) is 0 Å². The zero-order valence-corrected chi connectivity index (χ0v) is 10.4. The van der Waals surface area contributed by atoms with Gasteiger partial charge in [0, 0.05) is 23.8 Å². The normalized spacial score (nSPS) is 14.8. The first kappa shape index (κ1) is 12.4. The Morgan fingerprint density at radius 1 is 1.67 bits per heavy atom. The van der Waals surface area contributed by atoms with Crippen molar-refractivity contribution in [3.05, 3.63) is 29.2 Å². The van der Waals surface area contributed by atoms with Crippen LogP contribution in [0.3, 0.4) is 0 Å². The van der Waals surface area contributed by atoms with E-state index in [0.29, 0.717) is 0 Å². The molecule has 0 saturated carbocycles. The van der Waals surface area contributed by atoms with Gasteiger partial charge in [0.2, 0.25) is 0 Å². The van der Waals surface area contributed by atoms with Gasteiger partial charge in [-0.25, -0.2) is 4.98 Å². The summed E-state index contributed by atoms with van der Waals surface area (Å²) in [6.07, 6.45) is 4.18. The molecule has 0 bridgehead atoms. The quantitative estimate of drug-likeness (QED) is 0.569. The Morgan fingerprint density at radius 2 is 2.47 bits per heavy atom. The monoisotopic (exact) mass is 224 g/mol. The fraction of sp³-hybridized carbons (Fsp3) is 0.583. The molecule has 2 nitrogen and oxygen atoms in total. The Morgan fingerprint density at radius 3 is 3.00 bits per heavy atom. The van der Waals surface area contributed by atoms with Crippen molar-refractivity contribution in [2.75, 3.05) is 13.1 Å². The van der Waals surface area contributed by atoms with Gasteiger partial charge in [-0.1, -0.05) is 19.9 Å². The molecular weight excluding hydrogens is 204 g/mol. The molecule has 0 fully saturated rings. The van der Waals surface area contributed by atoms with Crippen LogP contribution in [-0.2, 0) is 6.42 Å². The summed E-state index contributed by atoms with van der Waals surface area (Å²) >= 11 is 1.65. The van der Waals surface area contributed by atoms with Gasteiger partial charge in [-0.3, -0.25) is 0 Å². The molecule has 3 heteroatoms. The Hall–Kier alpha value is -0.670. The van der Waals surface area contributed by atoms with Crippen molar-refractivity contribution in [2.24, 2.45) is 5.41 Å². The van der Waals surface area contributed by atoms with Gasteiger partial charge in [0.1, 0.15) is 0 Å². The minimum Gasteiger partial charge on any atom is -0.316 e. The number of thiazole rings is 1.